The number of hydrogen-bond donors (Lipinski definition) is 1. The van der Waals surface area contributed by atoms with Crippen molar-refractivity contribution in [2.24, 2.45) is 5.73 Å². The number of carbonyl (C=O) groups excluding carboxylic acids is 1. The fraction of sp³-hybridized carbons (Fsp3) is 0.500. The van der Waals surface area contributed by atoms with Crippen molar-refractivity contribution in [2.75, 3.05) is 19.1 Å². The van der Waals surface area contributed by atoms with Gasteiger partial charge in [-0.3, -0.25) is 4.79 Å². The fourth-order valence-corrected chi connectivity index (χ4v) is 2.30. The molecule has 0 aliphatic heterocycles. The lowest BCUT2D eigenvalue weighted by molar-refractivity contribution is -0.133. The molecule has 0 aromatic heterocycles. The number of hydrogen-bond acceptors (Lipinski definition) is 3. The molecule has 0 radical (unpaired) electrons. The highest BCUT2D eigenvalue weighted by Gasteiger charge is 2.22. The van der Waals surface area contributed by atoms with Crippen LogP contribution in [0, 0.1) is 0 Å². The summed E-state index contributed by atoms with van der Waals surface area (Å²) in [6.07, 6.45) is 3.06. The maximum Gasteiger partial charge on any atom is 0.244 e. The summed E-state index contributed by atoms with van der Waals surface area (Å²) in [4.78, 5) is 14.0. The first kappa shape index (κ1) is 15.1. The van der Waals surface area contributed by atoms with E-state index in [0.717, 1.165) is 17.7 Å². The Morgan fingerprint density at radius 1 is 1.39 bits per heavy atom. The molecule has 2 atom stereocenters. The van der Waals surface area contributed by atoms with Gasteiger partial charge in [-0.05, 0) is 30.9 Å². The van der Waals surface area contributed by atoms with Crippen LogP contribution in [0.4, 0.5) is 0 Å². The van der Waals surface area contributed by atoms with Gasteiger partial charge in [-0.1, -0.05) is 30.3 Å². The van der Waals surface area contributed by atoms with E-state index in [1.807, 2.05) is 37.4 Å². The van der Waals surface area contributed by atoms with Crippen LogP contribution < -0.4 is 5.73 Å². The molecule has 1 amide bonds. The van der Waals surface area contributed by atoms with Crippen LogP contribution in [0.15, 0.2) is 30.3 Å². The molecule has 0 saturated heterocycles. The van der Waals surface area contributed by atoms with E-state index in [4.69, 9.17) is 5.73 Å². The molecule has 1 unspecified atom stereocenters. The maximum atomic E-state index is 12.2. The summed E-state index contributed by atoms with van der Waals surface area (Å²) >= 11 is 1.79. The second-order valence-electron chi connectivity index (χ2n) is 4.47. The summed E-state index contributed by atoms with van der Waals surface area (Å²) in [5, 5.41) is 0. The summed E-state index contributed by atoms with van der Waals surface area (Å²) in [6.45, 7) is 2.06. The smallest absolute Gasteiger partial charge is 0.244 e. The van der Waals surface area contributed by atoms with Crippen LogP contribution in [0.1, 0.15) is 24.9 Å². The van der Waals surface area contributed by atoms with Gasteiger partial charge in [0, 0.05) is 13.1 Å². The largest absolute Gasteiger partial charge is 0.341 e. The van der Waals surface area contributed by atoms with Crippen LogP contribution in [-0.4, -0.2) is 35.9 Å². The molecule has 1 aromatic rings. The Hall–Kier alpha value is -1.00. The van der Waals surface area contributed by atoms with Crippen LogP contribution in [0.3, 0.4) is 0 Å². The molecule has 1 aromatic carbocycles. The van der Waals surface area contributed by atoms with Gasteiger partial charge in [-0.2, -0.15) is 11.8 Å². The summed E-state index contributed by atoms with van der Waals surface area (Å²) in [6, 6.07) is 9.17. The van der Waals surface area contributed by atoms with Gasteiger partial charge in [0.15, 0.2) is 0 Å². The predicted molar refractivity (Wildman–Crippen MR) is 78.6 cm³/mol. The van der Waals surface area contributed by atoms with E-state index >= 15 is 0 Å². The van der Waals surface area contributed by atoms with E-state index in [9.17, 15) is 4.79 Å². The lowest BCUT2D eigenvalue weighted by Gasteiger charge is -2.27. The van der Waals surface area contributed by atoms with Crippen LogP contribution in [0.25, 0.3) is 0 Å². The molecule has 0 fully saturated rings. The normalized spacial score (nSPS) is 14.0. The molecular weight excluding hydrogens is 244 g/mol. The summed E-state index contributed by atoms with van der Waals surface area (Å²) < 4.78 is 0. The highest BCUT2D eigenvalue weighted by molar-refractivity contribution is 7.98. The van der Waals surface area contributed by atoms with Crippen LogP contribution in [-0.2, 0) is 4.79 Å². The zero-order valence-corrected chi connectivity index (χ0v) is 12.1. The minimum atomic E-state index is -0.562. The van der Waals surface area contributed by atoms with Crippen molar-refractivity contribution < 1.29 is 4.79 Å². The second-order valence-corrected chi connectivity index (χ2v) is 5.45. The van der Waals surface area contributed by atoms with Crippen molar-refractivity contribution in [1.29, 1.82) is 0 Å². The van der Waals surface area contributed by atoms with Crippen LogP contribution in [0.2, 0.25) is 0 Å². The molecule has 0 aliphatic carbocycles. The Labute approximate surface area is 114 Å². The molecule has 2 N–H and O–H groups in total. The first-order valence-corrected chi connectivity index (χ1v) is 7.53. The fourth-order valence-electron chi connectivity index (χ4n) is 1.72. The van der Waals surface area contributed by atoms with Gasteiger partial charge in [0.05, 0.1) is 0 Å². The number of carbonyl (C=O) groups is 1. The number of thioether (sulfide) groups is 1. The van der Waals surface area contributed by atoms with Crippen molar-refractivity contribution in [3.63, 3.8) is 0 Å². The standard InChI is InChI=1S/C14H22N2OS/c1-11(9-10-18-3)16(2)14(17)13(15)12-7-5-4-6-8-12/h4-8,11,13H,9-10,15H2,1-3H3/t11?,13-/m0/s1. The minimum Gasteiger partial charge on any atom is -0.341 e. The van der Waals surface area contributed by atoms with E-state index in [1.165, 1.54) is 0 Å². The van der Waals surface area contributed by atoms with E-state index in [2.05, 4.69) is 13.2 Å². The SMILES string of the molecule is CSCCC(C)N(C)C(=O)[C@@H](N)c1ccccc1. The average Bonchev–Trinajstić information content (AvgIpc) is 2.43. The quantitative estimate of drug-likeness (QED) is 0.859. The van der Waals surface area contributed by atoms with E-state index in [0.29, 0.717) is 0 Å². The van der Waals surface area contributed by atoms with E-state index in [-0.39, 0.29) is 11.9 Å². The van der Waals surface area contributed by atoms with Gasteiger partial charge < -0.3 is 10.6 Å². The van der Waals surface area contributed by atoms with E-state index in [1.54, 1.807) is 16.7 Å². The van der Waals surface area contributed by atoms with Gasteiger partial charge in [-0.15, -0.1) is 0 Å². The summed E-state index contributed by atoms with van der Waals surface area (Å²) in [5.74, 6) is 1.04. The molecular formula is C14H22N2OS. The molecule has 0 saturated carbocycles. The third kappa shape index (κ3) is 4.03. The summed E-state index contributed by atoms with van der Waals surface area (Å²) in [7, 11) is 1.83. The first-order chi connectivity index (χ1) is 8.57. The summed E-state index contributed by atoms with van der Waals surface area (Å²) in [5.41, 5.74) is 6.88. The number of nitrogens with zero attached hydrogens (tertiary/aromatic N) is 1. The molecule has 1 rings (SSSR count). The zero-order chi connectivity index (χ0) is 13.5. The highest BCUT2D eigenvalue weighted by atomic mass is 32.2. The Morgan fingerprint density at radius 3 is 2.56 bits per heavy atom. The van der Waals surface area contributed by atoms with Crippen LogP contribution in [0.5, 0.6) is 0 Å². The molecule has 0 spiro atoms. The number of benzene rings is 1. The molecule has 4 heteroatoms. The van der Waals surface area contributed by atoms with E-state index < -0.39 is 6.04 Å². The number of likely N-dealkylation sites (N-methyl/N-ethyl adjacent to an activating group) is 1. The number of rotatable bonds is 6. The van der Waals surface area contributed by atoms with Crippen molar-refractivity contribution in [3.8, 4) is 0 Å². The lowest BCUT2D eigenvalue weighted by atomic mass is 10.1. The Balaban J connectivity index is 2.63. The molecule has 0 aliphatic rings. The van der Waals surface area contributed by atoms with Crippen molar-refractivity contribution >= 4 is 17.7 Å². The number of amides is 1. The molecule has 0 bridgehead atoms. The monoisotopic (exact) mass is 266 g/mol. The van der Waals surface area contributed by atoms with Gasteiger partial charge in [-0.25, -0.2) is 0 Å². The molecule has 18 heavy (non-hydrogen) atoms. The van der Waals surface area contributed by atoms with Gasteiger partial charge in [0.1, 0.15) is 6.04 Å². The van der Waals surface area contributed by atoms with Gasteiger partial charge in [0.2, 0.25) is 5.91 Å². The minimum absolute atomic E-state index is 0.0187. The third-order valence-electron chi connectivity index (χ3n) is 3.17. The lowest BCUT2D eigenvalue weighted by Crippen LogP contribution is -2.41. The van der Waals surface area contributed by atoms with Gasteiger partial charge >= 0.3 is 0 Å². The maximum absolute atomic E-state index is 12.2. The third-order valence-corrected chi connectivity index (χ3v) is 3.82. The first-order valence-electron chi connectivity index (χ1n) is 6.14. The Kier molecular flexibility index (Phi) is 6.22. The topological polar surface area (TPSA) is 46.3 Å². The second kappa shape index (κ2) is 7.44. The van der Waals surface area contributed by atoms with Crippen molar-refractivity contribution in [2.45, 2.75) is 25.4 Å². The zero-order valence-electron chi connectivity index (χ0n) is 11.3. The Bertz CT molecular complexity index is 369. The molecule has 100 valence electrons. The molecule has 3 nitrogen and oxygen atoms in total. The van der Waals surface area contributed by atoms with Crippen molar-refractivity contribution in [3.05, 3.63) is 35.9 Å². The molecule has 0 heterocycles. The number of nitrogens with two attached hydrogens (primary N) is 1. The average molecular weight is 266 g/mol. The highest BCUT2D eigenvalue weighted by Crippen LogP contribution is 2.15. The Morgan fingerprint density at radius 2 is 2.00 bits per heavy atom. The van der Waals surface area contributed by atoms with Gasteiger partial charge in [0.25, 0.3) is 0 Å². The van der Waals surface area contributed by atoms with Crippen LogP contribution >= 0.6 is 11.8 Å². The predicted octanol–water partition coefficient (Wildman–Crippen LogP) is 2.29. The van der Waals surface area contributed by atoms with Crippen molar-refractivity contribution in [1.82, 2.24) is 4.90 Å².